The summed E-state index contributed by atoms with van der Waals surface area (Å²) in [6.45, 7) is 6.62. The van der Waals surface area contributed by atoms with E-state index in [0.29, 0.717) is 6.04 Å². The molecule has 0 aliphatic heterocycles. The fraction of sp³-hybridized carbons (Fsp3) is 1.00. The molecule has 0 saturated heterocycles. The summed E-state index contributed by atoms with van der Waals surface area (Å²) in [5, 5.41) is 0. The summed E-state index contributed by atoms with van der Waals surface area (Å²) in [5.41, 5.74) is 5.82. The van der Waals surface area contributed by atoms with Gasteiger partial charge in [0, 0.05) is 25.2 Å². The van der Waals surface area contributed by atoms with Crippen LogP contribution in [0.25, 0.3) is 0 Å². The van der Waals surface area contributed by atoms with E-state index in [1.807, 2.05) is 0 Å². The van der Waals surface area contributed by atoms with Gasteiger partial charge in [-0.05, 0) is 69.6 Å². The maximum absolute atomic E-state index is 5.82. The van der Waals surface area contributed by atoms with Crippen LogP contribution in [-0.4, -0.2) is 30.1 Å². The number of nitrogens with zero attached hydrogens (tertiary/aromatic N) is 1. The molecule has 2 nitrogen and oxygen atoms in total. The van der Waals surface area contributed by atoms with E-state index in [4.69, 9.17) is 5.73 Å². The normalized spacial score (nSPS) is 43.9. The topological polar surface area (TPSA) is 29.3 Å². The predicted octanol–water partition coefficient (Wildman–Crippen LogP) is 2.48. The lowest BCUT2D eigenvalue weighted by Crippen LogP contribution is -2.58. The van der Waals surface area contributed by atoms with Crippen molar-refractivity contribution in [1.29, 1.82) is 0 Å². The minimum atomic E-state index is 0.668. The average molecular weight is 236 g/mol. The smallest absolute Gasteiger partial charge is 0.0155 e. The lowest BCUT2D eigenvalue weighted by Gasteiger charge is -2.58. The Bertz CT molecular complexity index is 246. The molecule has 0 aromatic rings. The van der Waals surface area contributed by atoms with Crippen molar-refractivity contribution in [2.45, 2.75) is 58.0 Å². The van der Waals surface area contributed by atoms with Crippen LogP contribution in [0, 0.1) is 23.7 Å². The Hall–Kier alpha value is -0.0800. The lowest BCUT2D eigenvalue weighted by atomic mass is 9.53. The van der Waals surface area contributed by atoms with E-state index in [-0.39, 0.29) is 0 Å². The van der Waals surface area contributed by atoms with Gasteiger partial charge >= 0.3 is 0 Å². The summed E-state index contributed by atoms with van der Waals surface area (Å²) >= 11 is 0. The molecule has 0 unspecified atom stereocenters. The monoisotopic (exact) mass is 236 g/mol. The molecule has 4 aliphatic rings. The molecule has 4 fully saturated rings. The van der Waals surface area contributed by atoms with Gasteiger partial charge < -0.3 is 5.73 Å². The van der Waals surface area contributed by atoms with Crippen LogP contribution in [0.5, 0.6) is 0 Å². The maximum atomic E-state index is 5.82. The second-order valence-corrected chi connectivity index (χ2v) is 7.04. The number of rotatable bonds is 4. The third-order valence-corrected chi connectivity index (χ3v) is 5.61. The Labute approximate surface area is 106 Å². The van der Waals surface area contributed by atoms with Gasteiger partial charge in [-0.25, -0.2) is 0 Å². The maximum Gasteiger partial charge on any atom is 0.0155 e. The van der Waals surface area contributed by atoms with Gasteiger partial charge in [-0.3, -0.25) is 4.90 Å². The van der Waals surface area contributed by atoms with Crippen molar-refractivity contribution in [1.82, 2.24) is 4.90 Å². The molecule has 0 heterocycles. The van der Waals surface area contributed by atoms with Crippen LogP contribution in [0.3, 0.4) is 0 Å². The highest BCUT2D eigenvalue weighted by Crippen LogP contribution is 2.55. The van der Waals surface area contributed by atoms with E-state index < -0.39 is 0 Å². The molecule has 4 saturated carbocycles. The second-order valence-electron chi connectivity index (χ2n) is 7.04. The summed E-state index contributed by atoms with van der Waals surface area (Å²) in [5.74, 6) is 4.17. The van der Waals surface area contributed by atoms with Gasteiger partial charge in [0.05, 0.1) is 0 Å². The molecule has 0 spiro atoms. The number of nitrogens with two attached hydrogens (primary N) is 1. The molecule has 4 rings (SSSR count). The zero-order valence-electron chi connectivity index (χ0n) is 11.4. The first-order valence-corrected chi connectivity index (χ1v) is 7.64. The van der Waals surface area contributed by atoms with Gasteiger partial charge in [0.2, 0.25) is 0 Å². The molecule has 0 radical (unpaired) electrons. The number of hydrogen-bond donors (Lipinski definition) is 1. The van der Waals surface area contributed by atoms with E-state index in [2.05, 4.69) is 18.7 Å². The molecular formula is C15H28N2. The highest BCUT2D eigenvalue weighted by atomic mass is 15.2. The third kappa shape index (κ3) is 2.04. The first-order valence-electron chi connectivity index (χ1n) is 7.64. The molecule has 0 amide bonds. The molecule has 4 bridgehead atoms. The molecular weight excluding hydrogens is 208 g/mol. The van der Waals surface area contributed by atoms with Crippen molar-refractivity contribution in [3.05, 3.63) is 0 Å². The molecule has 0 aromatic carbocycles. The van der Waals surface area contributed by atoms with Crippen LogP contribution in [0.4, 0.5) is 0 Å². The molecule has 0 aromatic heterocycles. The van der Waals surface area contributed by atoms with Gasteiger partial charge in [-0.2, -0.15) is 0 Å². The lowest BCUT2D eigenvalue weighted by molar-refractivity contribution is -0.0736. The Morgan fingerprint density at radius 1 is 1.00 bits per heavy atom. The van der Waals surface area contributed by atoms with E-state index >= 15 is 0 Å². The van der Waals surface area contributed by atoms with Crippen LogP contribution < -0.4 is 5.73 Å². The van der Waals surface area contributed by atoms with Crippen LogP contribution >= 0.6 is 0 Å². The van der Waals surface area contributed by atoms with Crippen LogP contribution in [0.2, 0.25) is 0 Å². The molecule has 2 N–H and O–H groups in total. The summed E-state index contributed by atoms with van der Waals surface area (Å²) in [7, 11) is 0. The summed E-state index contributed by atoms with van der Waals surface area (Å²) < 4.78 is 0. The van der Waals surface area contributed by atoms with Gasteiger partial charge in [-0.1, -0.05) is 0 Å². The van der Waals surface area contributed by atoms with E-state index in [0.717, 1.165) is 42.8 Å². The predicted molar refractivity (Wildman–Crippen MR) is 71.7 cm³/mol. The Morgan fingerprint density at radius 2 is 1.53 bits per heavy atom. The van der Waals surface area contributed by atoms with Crippen molar-refractivity contribution in [3.63, 3.8) is 0 Å². The third-order valence-electron chi connectivity index (χ3n) is 5.61. The largest absolute Gasteiger partial charge is 0.329 e. The van der Waals surface area contributed by atoms with Crippen molar-refractivity contribution >= 4 is 0 Å². The van der Waals surface area contributed by atoms with E-state index in [1.165, 1.54) is 25.7 Å². The van der Waals surface area contributed by atoms with Gasteiger partial charge in [0.25, 0.3) is 0 Å². The first-order chi connectivity index (χ1) is 8.19. The zero-order valence-corrected chi connectivity index (χ0v) is 11.4. The molecule has 17 heavy (non-hydrogen) atoms. The SMILES string of the molecule is CC(C)N(CCN)C1C2CC3CC(C2)CC1C3. The highest BCUT2D eigenvalue weighted by molar-refractivity contribution is 5.02. The summed E-state index contributed by atoms with van der Waals surface area (Å²) in [6.07, 6.45) is 7.63. The second kappa shape index (κ2) is 4.55. The van der Waals surface area contributed by atoms with Gasteiger partial charge in [-0.15, -0.1) is 0 Å². The average Bonchev–Trinajstić information content (AvgIpc) is 2.26. The minimum Gasteiger partial charge on any atom is -0.329 e. The molecule has 98 valence electrons. The van der Waals surface area contributed by atoms with E-state index in [1.54, 1.807) is 6.42 Å². The van der Waals surface area contributed by atoms with Crippen LogP contribution in [0.1, 0.15) is 46.0 Å². The minimum absolute atomic E-state index is 0.668. The summed E-state index contributed by atoms with van der Waals surface area (Å²) in [6, 6.07) is 1.53. The van der Waals surface area contributed by atoms with Crippen molar-refractivity contribution in [2.24, 2.45) is 29.4 Å². The molecule has 2 heteroatoms. The van der Waals surface area contributed by atoms with Crippen LogP contribution in [0.15, 0.2) is 0 Å². The Balaban J connectivity index is 1.78. The van der Waals surface area contributed by atoms with Crippen molar-refractivity contribution < 1.29 is 0 Å². The Morgan fingerprint density at radius 3 is 1.94 bits per heavy atom. The standard InChI is InChI=1S/C15H28N2/c1-10(2)17(4-3-16)15-13-6-11-5-12(8-13)9-14(15)7-11/h10-15H,3-9,16H2,1-2H3. The fourth-order valence-corrected chi connectivity index (χ4v) is 5.34. The van der Waals surface area contributed by atoms with Gasteiger partial charge in [0.1, 0.15) is 0 Å². The highest BCUT2D eigenvalue weighted by Gasteiger charge is 2.50. The fourth-order valence-electron chi connectivity index (χ4n) is 5.34. The van der Waals surface area contributed by atoms with Gasteiger partial charge in [0.15, 0.2) is 0 Å². The summed E-state index contributed by atoms with van der Waals surface area (Å²) in [4.78, 5) is 2.73. The van der Waals surface area contributed by atoms with E-state index in [9.17, 15) is 0 Å². The molecule has 0 atom stereocenters. The Kier molecular flexibility index (Phi) is 3.20. The quantitative estimate of drug-likeness (QED) is 0.812. The zero-order chi connectivity index (χ0) is 12.0. The van der Waals surface area contributed by atoms with Crippen molar-refractivity contribution in [2.75, 3.05) is 13.1 Å². The number of hydrogen-bond acceptors (Lipinski definition) is 2. The first kappa shape index (κ1) is 12.0. The van der Waals surface area contributed by atoms with Crippen molar-refractivity contribution in [3.8, 4) is 0 Å². The molecule has 4 aliphatic carbocycles. The van der Waals surface area contributed by atoms with Crippen LogP contribution in [-0.2, 0) is 0 Å².